The monoisotopic (exact) mass is 488 g/mol. The van der Waals surface area contributed by atoms with Crippen molar-refractivity contribution < 1.29 is 32.6 Å². The Labute approximate surface area is 198 Å². The third-order valence-electron chi connectivity index (χ3n) is 6.15. The van der Waals surface area contributed by atoms with E-state index in [9.17, 15) is 23.1 Å². The minimum Gasteiger partial charge on any atom is -0.486 e. The number of aryl methyl sites for hydroxylation is 1. The summed E-state index contributed by atoms with van der Waals surface area (Å²) in [5, 5.41) is 12.1. The molecule has 0 saturated carbocycles. The lowest BCUT2D eigenvalue weighted by Crippen LogP contribution is -2.43. The van der Waals surface area contributed by atoms with Crippen LogP contribution in [0.5, 0.6) is 11.5 Å². The molecule has 2 aromatic rings. The van der Waals surface area contributed by atoms with Gasteiger partial charge in [-0.05, 0) is 37.5 Å². The van der Waals surface area contributed by atoms with Crippen LogP contribution in [0, 0.1) is 12.8 Å². The Bertz CT molecular complexity index is 1160. The molecule has 0 radical (unpaired) electrons. The molecule has 9 nitrogen and oxygen atoms in total. The van der Waals surface area contributed by atoms with Crippen LogP contribution in [0.25, 0.3) is 0 Å². The van der Waals surface area contributed by atoms with Gasteiger partial charge in [0, 0.05) is 25.1 Å². The van der Waals surface area contributed by atoms with Crippen LogP contribution in [-0.4, -0.2) is 56.0 Å². The van der Waals surface area contributed by atoms with Crippen LogP contribution >= 0.6 is 0 Å². The number of nitrogens with zero attached hydrogens (tertiary/aromatic N) is 1. The summed E-state index contributed by atoms with van der Waals surface area (Å²) in [4.78, 5) is 24.4. The fourth-order valence-corrected chi connectivity index (χ4v) is 5.69. The fraction of sp³-hybridized carbons (Fsp3) is 0.417. The Morgan fingerprint density at radius 1 is 1.06 bits per heavy atom. The fourth-order valence-electron chi connectivity index (χ4n) is 4.21. The van der Waals surface area contributed by atoms with Gasteiger partial charge in [0.1, 0.15) is 13.2 Å². The lowest BCUT2D eigenvalue weighted by molar-refractivity contribution is -0.138. The summed E-state index contributed by atoms with van der Waals surface area (Å²) in [6, 6.07) is 11.3. The van der Waals surface area contributed by atoms with Gasteiger partial charge in [-0.1, -0.05) is 29.8 Å². The van der Waals surface area contributed by atoms with Crippen molar-refractivity contribution in [2.24, 2.45) is 5.92 Å². The number of hydrogen-bond acceptors (Lipinski definition) is 6. The van der Waals surface area contributed by atoms with Gasteiger partial charge in [-0.3, -0.25) is 9.59 Å². The zero-order valence-electron chi connectivity index (χ0n) is 18.9. The molecule has 2 heterocycles. The Balaban J connectivity index is 1.39. The predicted molar refractivity (Wildman–Crippen MR) is 123 cm³/mol. The van der Waals surface area contributed by atoms with Gasteiger partial charge >= 0.3 is 5.97 Å². The van der Waals surface area contributed by atoms with E-state index < -0.39 is 28.0 Å². The quantitative estimate of drug-likeness (QED) is 0.614. The Morgan fingerprint density at radius 3 is 2.35 bits per heavy atom. The molecule has 0 spiro atoms. The van der Waals surface area contributed by atoms with Crippen LogP contribution in [0.15, 0.2) is 47.4 Å². The molecule has 1 fully saturated rings. The normalized spacial score (nSPS) is 17.7. The highest BCUT2D eigenvalue weighted by Gasteiger charge is 2.33. The molecule has 2 aliphatic rings. The first-order valence-electron chi connectivity index (χ1n) is 11.2. The number of carboxylic acid groups (broad SMARTS) is 1. The maximum Gasteiger partial charge on any atom is 0.305 e. The van der Waals surface area contributed by atoms with Crippen molar-refractivity contribution in [2.75, 3.05) is 26.3 Å². The van der Waals surface area contributed by atoms with Crippen molar-refractivity contribution in [3.05, 3.63) is 53.6 Å². The minimum atomic E-state index is -3.74. The van der Waals surface area contributed by atoms with E-state index >= 15 is 0 Å². The minimum absolute atomic E-state index is 0.126. The molecule has 2 N–H and O–H groups in total. The van der Waals surface area contributed by atoms with E-state index in [0.717, 1.165) is 11.1 Å². The van der Waals surface area contributed by atoms with Gasteiger partial charge < -0.3 is 19.9 Å². The number of carbonyl (C=O) groups is 2. The molecule has 4 rings (SSSR count). The number of nitrogens with one attached hydrogen (secondary N) is 1. The number of sulfonamides is 1. The van der Waals surface area contributed by atoms with E-state index in [0.29, 0.717) is 37.6 Å². The van der Waals surface area contributed by atoms with Gasteiger partial charge in [0.15, 0.2) is 11.5 Å². The number of amides is 1. The number of piperidine rings is 1. The molecule has 1 amide bonds. The van der Waals surface area contributed by atoms with E-state index in [1.165, 1.54) is 16.4 Å². The van der Waals surface area contributed by atoms with Crippen LogP contribution in [0.4, 0.5) is 0 Å². The molecule has 0 unspecified atom stereocenters. The van der Waals surface area contributed by atoms with Crippen molar-refractivity contribution >= 4 is 21.9 Å². The molecule has 1 atom stereocenters. The SMILES string of the molecule is Cc1ccc([C@@H](CC(=O)O)NC(=O)C2CCN(S(=O)(=O)c3ccc4c(c3)OCCO4)CC2)cc1. The number of ether oxygens (including phenoxy) is 2. The average Bonchev–Trinajstić information content (AvgIpc) is 2.83. The predicted octanol–water partition coefficient (Wildman–Crippen LogP) is 2.50. The zero-order chi connectivity index (χ0) is 24.3. The number of aliphatic carboxylic acids is 1. The van der Waals surface area contributed by atoms with Gasteiger partial charge in [-0.15, -0.1) is 0 Å². The van der Waals surface area contributed by atoms with Crippen molar-refractivity contribution in [3.63, 3.8) is 0 Å². The molecular weight excluding hydrogens is 460 g/mol. The van der Waals surface area contributed by atoms with E-state index in [1.807, 2.05) is 31.2 Å². The first-order chi connectivity index (χ1) is 16.2. The number of hydrogen-bond donors (Lipinski definition) is 2. The Hall–Kier alpha value is -3.11. The molecular formula is C24H28N2O7S. The van der Waals surface area contributed by atoms with Gasteiger partial charge in [-0.2, -0.15) is 4.31 Å². The molecule has 0 aliphatic carbocycles. The summed E-state index contributed by atoms with van der Waals surface area (Å²) < 4.78 is 38.6. The molecule has 0 bridgehead atoms. The van der Waals surface area contributed by atoms with E-state index in [4.69, 9.17) is 9.47 Å². The highest BCUT2D eigenvalue weighted by atomic mass is 32.2. The number of fused-ring (bicyclic) bond motifs is 1. The van der Waals surface area contributed by atoms with Crippen molar-refractivity contribution in [2.45, 2.75) is 37.1 Å². The summed E-state index contributed by atoms with van der Waals surface area (Å²) >= 11 is 0. The van der Waals surface area contributed by atoms with Gasteiger partial charge in [0.05, 0.1) is 17.4 Å². The van der Waals surface area contributed by atoms with E-state index in [-0.39, 0.29) is 30.3 Å². The summed E-state index contributed by atoms with van der Waals surface area (Å²) in [6.45, 7) is 3.11. The van der Waals surface area contributed by atoms with Crippen LogP contribution in [0.1, 0.15) is 36.4 Å². The average molecular weight is 489 g/mol. The third-order valence-corrected chi connectivity index (χ3v) is 8.05. The van der Waals surface area contributed by atoms with Crippen molar-refractivity contribution in [1.82, 2.24) is 9.62 Å². The highest BCUT2D eigenvalue weighted by molar-refractivity contribution is 7.89. The van der Waals surface area contributed by atoms with Crippen LogP contribution < -0.4 is 14.8 Å². The molecule has 1 saturated heterocycles. The molecule has 2 aliphatic heterocycles. The molecule has 0 aromatic heterocycles. The second-order valence-corrected chi connectivity index (χ2v) is 10.5. The topological polar surface area (TPSA) is 122 Å². The number of rotatable bonds is 7. The standard InChI is InChI=1S/C24H28N2O7S/c1-16-2-4-17(5-3-16)20(15-23(27)28)25-24(29)18-8-10-26(11-9-18)34(30,31)19-6-7-21-22(14-19)33-13-12-32-21/h2-7,14,18,20H,8-13,15H2,1H3,(H,25,29)(H,27,28)/t20-/m1/s1. The third kappa shape index (κ3) is 5.34. The maximum absolute atomic E-state index is 13.1. The van der Waals surface area contributed by atoms with Crippen LogP contribution in [-0.2, 0) is 19.6 Å². The summed E-state index contributed by atoms with van der Waals surface area (Å²) in [5.74, 6) is -0.741. The largest absolute Gasteiger partial charge is 0.486 e. The second-order valence-electron chi connectivity index (χ2n) is 8.55. The molecule has 182 valence electrons. The molecule has 10 heteroatoms. The van der Waals surface area contributed by atoms with Crippen LogP contribution in [0.2, 0.25) is 0 Å². The number of carbonyl (C=O) groups excluding carboxylic acids is 1. The lowest BCUT2D eigenvalue weighted by Gasteiger charge is -2.31. The van der Waals surface area contributed by atoms with Crippen molar-refractivity contribution in [3.8, 4) is 11.5 Å². The maximum atomic E-state index is 13.1. The Kier molecular flexibility index (Phi) is 7.08. The molecule has 2 aromatic carbocycles. The zero-order valence-corrected chi connectivity index (χ0v) is 19.7. The summed E-state index contributed by atoms with van der Waals surface area (Å²) in [5.41, 5.74) is 1.76. The first-order valence-corrected chi connectivity index (χ1v) is 12.7. The van der Waals surface area contributed by atoms with Gasteiger partial charge in [0.2, 0.25) is 15.9 Å². The second kappa shape index (κ2) is 10.0. The van der Waals surface area contributed by atoms with Crippen LogP contribution in [0.3, 0.4) is 0 Å². The number of carboxylic acids is 1. The van der Waals surface area contributed by atoms with Gasteiger partial charge in [0.25, 0.3) is 0 Å². The highest BCUT2D eigenvalue weighted by Crippen LogP contribution is 2.34. The molecule has 34 heavy (non-hydrogen) atoms. The smallest absolute Gasteiger partial charge is 0.305 e. The van der Waals surface area contributed by atoms with Gasteiger partial charge in [-0.25, -0.2) is 8.42 Å². The van der Waals surface area contributed by atoms with E-state index in [2.05, 4.69) is 5.32 Å². The first kappa shape index (κ1) is 24.0. The Morgan fingerprint density at radius 2 is 1.71 bits per heavy atom. The van der Waals surface area contributed by atoms with Crippen molar-refractivity contribution in [1.29, 1.82) is 0 Å². The lowest BCUT2D eigenvalue weighted by atomic mass is 9.95. The number of benzene rings is 2. The summed E-state index contributed by atoms with van der Waals surface area (Å²) in [7, 11) is -3.74. The van der Waals surface area contributed by atoms with E-state index in [1.54, 1.807) is 6.07 Å². The summed E-state index contributed by atoms with van der Waals surface area (Å²) in [6.07, 6.45) is 0.471.